The highest BCUT2D eigenvalue weighted by Crippen LogP contribution is 2.08. The number of halogens is 1. The summed E-state index contributed by atoms with van der Waals surface area (Å²) in [5.74, 6) is 0. The average Bonchev–Trinajstić information content (AvgIpc) is 2.03. The van der Waals surface area contributed by atoms with Crippen molar-refractivity contribution < 1.29 is 14.3 Å². The molecule has 0 saturated carbocycles. The summed E-state index contributed by atoms with van der Waals surface area (Å²) < 4.78 is 9.53. The topological polar surface area (TPSA) is 38.8 Å². The van der Waals surface area contributed by atoms with Gasteiger partial charge >= 0.3 is 6.09 Å². The van der Waals surface area contributed by atoms with E-state index < -0.39 is 5.56 Å². The van der Waals surface area contributed by atoms with Crippen LogP contribution >= 0.6 is 11.6 Å². The Morgan fingerprint density at radius 2 is 2.55 bits per heavy atom. The molecule has 1 aliphatic rings. The second kappa shape index (κ2) is 3.78. The summed E-state index contributed by atoms with van der Waals surface area (Å²) in [6, 6.07) is 0. The predicted molar refractivity (Wildman–Crippen MR) is 39.6 cm³/mol. The Balaban J connectivity index is 2.39. The molecule has 1 atom stereocenters. The lowest BCUT2D eigenvalue weighted by molar-refractivity contribution is 0.0138. The number of methoxy groups -OCH3 is 1. The first-order chi connectivity index (χ1) is 5.24. The van der Waals surface area contributed by atoms with E-state index in [4.69, 9.17) is 16.3 Å². The fourth-order valence-electron chi connectivity index (χ4n) is 0.903. The maximum absolute atomic E-state index is 10.9. The third-order valence-electron chi connectivity index (χ3n) is 1.46. The van der Waals surface area contributed by atoms with Crippen LogP contribution in [0.25, 0.3) is 0 Å². The van der Waals surface area contributed by atoms with Gasteiger partial charge in [-0.15, -0.1) is 0 Å². The van der Waals surface area contributed by atoms with Crippen LogP contribution in [0.2, 0.25) is 0 Å². The van der Waals surface area contributed by atoms with Crippen LogP contribution in [0.3, 0.4) is 0 Å². The quantitative estimate of drug-likeness (QED) is 0.513. The number of morpholine rings is 1. The van der Waals surface area contributed by atoms with Crippen molar-refractivity contribution in [2.45, 2.75) is 5.56 Å². The molecular formula is C6H10ClNO3. The van der Waals surface area contributed by atoms with Crippen molar-refractivity contribution in [2.24, 2.45) is 0 Å². The molecule has 1 unspecified atom stereocenters. The van der Waals surface area contributed by atoms with Gasteiger partial charge in [0.25, 0.3) is 0 Å². The van der Waals surface area contributed by atoms with Crippen molar-refractivity contribution in [3.8, 4) is 0 Å². The number of ether oxygens (including phenoxy) is 2. The highest BCUT2D eigenvalue weighted by atomic mass is 35.5. The van der Waals surface area contributed by atoms with Gasteiger partial charge in [0.2, 0.25) is 0 Å². The minimum absolute atomic E-state index is 0.348. The van der Waals surface area contributed by atoms with Gasteiger partial charge in [-0.3, -0.25) is 0 Å². The predicted octanol–water partition coefficient (Wildman–Crippen LogP) is 0.650. The fraction of sp³-hybridized carbons (Fsp3) is 0.833. The Morgan fingerprint density at radius 3 is 3.09 bits per heavy atom. The average molecular weight is 180 g/mol. The minimum atomic E-state index is -0.400. The van der Waals surface area contributed by atoms with E-state index in [9.17, 15) is 4.79 Å². The zero-order valence-electron chi connectivity index (χ0n) is 6.25. The van der Waals surface area contributed by atoms with Gasteiger partial charge in [0.1, 0.15) is 5.56 Å². The molecule has 0 bridgehead atoms. The molecule has 0 aromatic rings. The third kappa shape index (κ3) is 2.24. The summed E-state index contributed by atoms with van der Waals surface area (Å²) in [4.78, 5) is 12.4. The Bertz CT molecular complexity index is 153. The van der Waals surface area contributed by atoms with Crippen molar-refractivity contribution in [2.75, 3.05) is 26.8 Å². The molecule has 0 aromatic carbocycles. The van der Waals surface area contributed by atoms with Gasteiger partial charge in [-0.05, 0) is 0 Å². The van der Waals surface area contributed by atoms with Gasteiger partial charge < -0.3 is 14.4 Å². The van der Waals surface area contributed by atoms with Crippen molar-refractivity contribution in [3.05, 3.63) is 0 Å². The molecular weight excluding hydrogens is 170 g/mol. The van der Waals surface area contributed by atoms with E-state index in [1.165, 1.54) is 12.0 Å². The Labute approximate surface area is 70.0 Å². The molecule has 0 N–H and O–H groups in total. The van der Waals surface area contributed by atoms with Gasteiger partial charge in [-0.25, -0.2) is 4.79 Å². The number of amides is 1. The first-order valence-electron chi connectivity index (χ1n) is 3.32. The van der Waals surface area contributed by atoms with E-state index >= 15 is 0 Å². The summed E-state index contributed by atoms with van der Waals surface area (Å²) in [5, 5.41) is 0. The van der Waals surface area contributed by atoms with E-state index in [1.54, 1.807) is 0 Å². The van der Waals surface area contributed by atoms with Crippen LogP contribution < -0.4 is 0 Å². The second-order valence-corrected chi connectivity index (χ2v) is 2.68. The van der Waals surface area contributed by atoms with Gasteiger partial charge in [0, 0.05) is 6.54 Å². The van der Waals surface area contributed by atoms with Crippen molar-refractivity contribution in [1.29, 1.82) is 0 Å². The summed E-state index contributed by atoms with van der Waals surface area (Å²) in [6.07, 6.45) is -0.348. The van der Waals surface area contributed by atoms with Crippen LogP contribution in [0.1, 0.15) is 0 Å². The number of carbonyl (C=O) groups is 1. The highest BCUT2D eigenvalue weighted by Gasteiger charge is 2.22. The van der Waals surface area contributed by atoms with Crippen LogP contribution in [0, 0.1) is 0 Å². The van der Waals surface area contributed by atoms with Crippen LogP contribution in [0.4, 0.5) is 4.79 Å². The molecule has 4 nitrogen and oxygen atoms in total. The number of nitrogens with zero attached hydrogens (tertiary/aromatic N) is 1. The lowest BCUT2D eigenvalue weighted by Crippen LogP contribution is -2.43. The molecule has 1 heterocycles. The summed E-state index contributed by atoms with van der Waals surface area (Å²) in [6.45, 7) is 1.42. The molecule has 5 heteroatoms. The van der Waals surface area contributed by atoms with Crippen LogP contribution in [-0.4, -0.2) is 43.4 Å². The summed E-state index contributed by atoms with van der Waals surface area (Å²) in [5.41, 5.74) is -0.400. The molecule has 1 amide bonds. The maximum Gasteiger partial charge on any atom is 0.409 e. The number of rotatable bonds is 0. The first-order valence-corrected chi connectivity index (χ1v) is 3.76. The summed E-state index contributed by atoms with van der Waals surface area (Å²) in [7, 11) is 1.35. The largest absolute Gasteiger partial charge is 0.453 e. The maximum atomic E-state index is 10.9. The molecule has 1 fully saturated rings. The van der Waals surface area contributed by atoms with E-state index in [0.29, 0.717) is 19.7 Å². The number of hydrogen-bond acceptors (Lipinski definition) is 3. The van der Waals surface area contributed by atoms with Crippen LogP contribution in [0.5, 0.6) is 0 Å². The molecule has 0 aromatic heterocycles. The normalized spacial score (nSPS) is 24.9. The van der Waals surface area contributed by atoms with Gasteiger partial charge in [-0.2, -0.15) is 0 Å². The lowest BCUT2D eigenvalue weighted by Gasteiger charge is -2.28. The van der Waals surface area contributed by atoms with E-state index in [0.717, 1.165) is 0 Å². The molecule has 1 saturated heterocycles. The summed E-state index contributed by atoms with van der Waals surface area (Å²) >= 11 is 5.64. The number of alkyl halides is 1. The molecule has 11 heavy (non-hydrogen) atoms. The molecule has 1 rings (SSSR count). The highest BCUT2D eigenvalue weighted by molar-refractivity contribution is 6.20. The minimum Gasteiger partial charge on any atom is -0.453 e. The lowest BCUT2D eigenvalue weighted by atomic mass is 10.4. The van der Waals surface area contributed by atoms with Crippen LogP contribution in [0.15, 0.2) is 0 Å². The molecule has 1 aliphatic heterocycles. The van der Waals surface area contributed by atoms with E-state index in [-0.39, 0.29) is 6.09 Å². The monoisotopic (exact) mass is 179 g/mol. The molecule has 64 valence electrons. The number of carbonyl (C=O) groups excluding carboxylic acids is 1. The Hall–Kier alpha value is -0.480. The third-order valence-corrected chi connectivity index (χ3v) is 1.72. The smallest absolute Gasteiger partial charge is 0.409 e. The van der Waals surface area contributed by atoms with Crippen molar-refractivity contribution >= 4 is 17.7 Å². The van der Waals surface area contributed by atoms with Crippen molar-refractivity contribution in [1.82, 2.24) is 4.90 Å². The van der Waals surface area contributed by atoms with Crippen LogP contribution in [-0.2, 0) is 9.47 Å². The Morgan fingerprint density at radius 1 is 1.82 bits per heavy atom. The standard InChI is InChI=1S/C6H10ClNO3/c1-10-6(9)8-2-3-11-5(7)4-8/h5H,2-4H2,1H3. The zero-order chi connectivity index (χ0) is 8.27. The SMILES string of the molecule is COC(=O)N1CCOC(Cl)C1. The van der Waals surface area contributed by atoms with Gasteiger partial charge in [0.15, 0.2) is 0 Å². The fourth-order valence-corrected chi connectivity index (χ4v) is 1.16. The number of hydrogen-bond donors (Lipinski definition) is 0. The van der Waals surface area contributed by atoms with E-state index in [2.05, 4.69) is 4.74 Å². The van der Waals surface area contributed by atoms with Gasteiger partial charge in [0.05, 0.1) is 20.3 Å². The van der Waals surface area contributed by atoms with Gasteiger partial charge in [-0.1, -0.05) is 11.6 Å². The molecule has 0 spiro atoms. The van der Waals surface area contributed by atoms with Crippen molar-refractivity contribution in [3.63, 3.8) is 0 Å². The first kappa shape index (κ1) is 8.62. The second-order valence-electron chi connectivity index (χ2n) is 2.20. The molecule has 0 radical (unpaired) electrons. The van der Waals surface area contributed by atoms with E-state index in [1.807, 2.05) is 0 Å². The molecule has 0 aliphatic carbocycles. The Kier molecular flexibility index (Phi) is 2.96. The zero-order valence-corrected chi connectivity index (χ0v) is 7.00.